The number of aryl methyl sites for hydroxylation is 1. The van der Waals surface area contributed by atoms with E-state index < -0.39 is 10.0 Å². The predicted molar refractivity (Wildman–Crippen MR) is 96.8 cm³/mol. The van der Waals surface area contributed by atoms with Crippen LogP contribution in [0.15, 0.2) is 40.6 Å². The number of amides is 1. The minimum Gasteiger partial charge on any atom is -0.337 e. The second kappa shape index (κ2) is 7.46. The molecule has 1 N–H and O–H groups in total. The van der Waals surface area contributed by atoms with E-state index in [4.69, 9.17) is 0 Å². The highest BCUT2D eigenvalue weighted by Gasteiger charge is 2.19. The predicted octanol–water partition coefficient (Wildman–Crippen LogP) is 3.02. The molecule has 7 heteroatoms. The second-order valence-electron chi connectivity index (χ2n) is 5.99. The van der Waals surface area contributed by atoms with Gasteiger partial charge in [0.1, 0.15) is 0 Å². The molecular weight excluding hydrogens is 344 g/mol. The summed E-state index contributed by atoms with van der Waals surface area (Å²) in [5.74, 6) is -0.204. The lowest BCUT2D eigenvalue weighted by atomic mass is 10.2. The zero-order chi connectivity index (χ0) is 17.9. The fraction of sp³-hybridized carbons (Fsp3) is 0.353. The van der Waals surface area contributed by atoms with Crippen molar-refractivity contribution in [3.63, 3.8) is 0 Å². The summed E-state index contributed by atoms with van der Waals surface area (Å²) >= 11 is 1.60. The van der Waals surface area contributed by atoms with Gasteiger partial charge < -0.3 is 4.90 Å². The quantitative estimate of drug-likeness (QED) is 0.854. The molecule has 2 aromatic rings. The summed E-state index contributed by atoms with van der Waals surface area (Å²) in [6, 6.07) is 7.94. The first-order valence-electron chi connectivity index (χ1n) is 7.61. The number of thiophene rings is 1. The average Bonchev–Trinajstić information content (AvgIpc) is 2.90. The maximum atomic E-state index is 12.6. The Labute approximate surface area is 147 Å². The topological polar surface area (TPSA) is 66.5 Å². The van der Waals surface area contributed by atoms with Crippen LogP contribution in [0.4, 0.5) is 0 Å². The van der Waals surface area contributed by atoms with Gasteiger partial charge in [0.15, 0.2) is 0 Å². The molecule has 2 rings (SSSR count). The Bertz CT molecular complexity index is 826. The fourth-order valence-electron chi connectivity index (χ4n) is 2.25. The highest BCUT2D eigenvalue weighted by atomic mass is 32.2. The summed E-state index contributed by atoms with van der Waals surface area (Å²) in [5, 5.41) is 1.99. The van der Waals surface area contributed by atoms with Crippen LogP contribution in [0, 0.1) is 6.92 Å². The second-order valence-corrected chi connectivity index (χ2v) is 8.71. The molecule has 0 spiro atoms. The van der Waals surface area contributed by atoms with Crippen LogP contribution in [-0.2, 0) is 16.6 Å². The standard InChI is InChI=1S/C17H22N2O3S2/c1-12(2)18-24(21,22)15-7-5-6-14(10-15)17(20)19(4)11-16-13(3)8-9-23-16/h5-10,12,18H,11H2,1-4H3. The number of benzene rings is 1. The highest BCUT2D eigenvalue weighted by Crippen LogP contribution is 2.19. The van der Waals surface area contributed by atoms with Crippen molar-refractivity contribution in [1.29, 1.82) is 0 Å². The minimum atomic E-state index is -3.62. The molecule has 1 amide bonds. The van der Waals surface area contributed by atoms with Gasteiger partial charge in [-0.3, -0.25) is 4.79 Å². The van der Waals surface area contributed by atoms with Gasteiger partial charge in [-0.05, 0) is 56.0 Å². The lowest BCUT2D eigenvalue weighted by Gasteiger charge is -2.17. The van der Waals surface area contributed by atoms with E-state index in [1.54, 1.807) is 49.3 Å². The third kappa shape index (κ3) is 4.43. The van der Waals surface area contributed by atoms with Gasteiger partial charge in [0.25, 0.3) is 5.91 Å². The van der Waals surface area contributed by atoms with Gasteiger partial charge in [0.2, 0.25) is 10.0 Å². The van der Waals surface area contributed by atoms with Crippen molar-refractivity contribution in [1.82, 2.24) is 9.62 Å². The van der Waals surface area contributed by atoms with Gasteiger partial charge in [-0.2, -0.15) is 0 Å². The van der Waals surface area contributed by atoms with Crippen LogP contribution in [0.2, 0.25) is 0 Å². The molecular formula is C17H22N2O3S2. The molecule has 24 heavy (non-hydrogen) atoms. The van der Waals surface area contributed by atoms with Crippen molar-refractivity contribution in [2.75, 3.05) is 7.05 Å². The van der Waals surface area contributed by atoms with Gasteiger partial charge in [0, 0.05) is 23.5 Å². The Morgan fingerprint density at radius 1 is 1.29 bits per heavy atom. The first-order valence-corrected chi connectivity index (χ1v) is 9.98. The van der Waals surface area contributed by atoms with Crippen LogP contribution in [0.5, 0.6) is 0 Å². The Balaban J connectivity index is 2.21. The Morgan fingerprint density at radius 2 is 2.00 bits per heavy atom. The Morgan fingerprint density at radius 3 is 2.58 bits per heavy atom. The van der Waals surface area contributed by atoms with Crippen molar-refractivity contribution < 1.29 is 13.2 Å². The highest BCUT2D eigenvalue weighted by molar-refractivity contribution is 7.89. The normalized spacial score (nSPS) is 11.7. The third-order valence-corrected chi connectivity index (χ3v) is 6.14. The van der Waals surface area contributed by atoms with Crippen molar-refractivity contribution >= 4 is 27.3 Å². The molecule has 0 radical (unpaired) electrons. The van der Waals surface area contributed by atoms with Crippen molar-refractivity contribution in [2.24, 2.45) is 0 Å². The Kier molecular flexibility index (Phi) is 5.79. The fourth-order valence-corrected chi connectivity index (χ4v) is 4.50. The molecule has 0 saturated carbocycles. The third-order valence-electron chi connectivity index (χ3n) is 3.48. The van der Waals surface area contributed by atoms with E-state index in [1.807, 2.05) is 18.4 Å². The maximum Gasteiger partial charge on any atom is 0.253 e. The summed E-state index contributed by atoms with van der Waals surface area (Å²) < 4.78 is 27.0. The molecule has 1 aromatic heterocycles. The van der Waals surface area contributed by atoms with Gasteiger partial charge in [-0.25, -0.2) is 13.1 Å². The summed E-state index contributed by atoms with van der Waals surface area (Å²) in [6.45, 7) is 6.02. The number of sulfonamides is 1. The van der Waals surface area contributed by atoms with Crippen LogP contribution in [0.25, 0.3) is 0 Å². The molecule has 5 nitrogen and oxygen atoms in total. The largest absolute Gasteiger partial charge is 0.337 e. The molecule has 0 bridgehead atoms. The number of nitrogens with one attached hydrogen (secondary N) is 1. The van der Waals surface area contributed by atoms with Crippen LogP contribution in [-0.4, -0.2) is 32.3 Å². The van der Waals surface area contributed by atoms with Crippen LogP contribution in [0.1, 0.15) is 34.6 Å². The molecule has 1 heterocycles. The van der Waals surface area contributed by atoms with Crippen LogP contribution in [0.3, 0.4) is 0 Å². The van der Waals surface area contributed by atoms with E-state index in [1.165, 1.54) is 12.1 Å². The first-order chi connectivity index (χ1) is 11.2. The maximum absolute atomic E-state index is 12.6. The number of hydrogen-bond acceptors (Lipinski definition) is 4. The van der Waals surface area contributed by atoms with Crippen LogP contribution >= 0.6 is 11.3 Å². The lowest BCUT2D eigenvalue weighted by molar-refractivity contribution is 0.0786. The van der Waals surface area contributed by atoms with E-state index in [9.17, 15) is 13.2 Å². The number of rotatable bonds is 6. The number of nitrogens with zero attached hydrogens (tertiary/aromatic N) is 1. The van der Waals surface area contributed by atoms with Gasteiger partial charge in [-0.1, -0.05) is 6.07 Å². The monoisotopic (exact) mass is 366 g/mol. The molecule has 0 fully saturated rings. The van der Waals surface area contributed by atoms with Gasteiger partial charge in [-0.15, -0.1) is 11.3 Å². The van der Waals surface area contributed by atoms with E-state index in [0.717, 1.165) is 10.4 Å². The summed E-state index contributed by atoms with van der Waals surface area (Å²) in [6.07, 6.45) is 0. The molecule has 1 aromatic carbocycles. The first kappa shape index (κ1) is 18.6. The molecule has 0 atom stereocenters. The van der Waals surface area contributed by atoms with Crippen molar-refractivity contribution in [3.8, 4) is 0 Å². The van der Waals surface area contributed by atoms with Crippen LogP contribution < -0.4 is 4.72 Å². The summed E-state index contributed by atoms with van der Waals surface area (Å²) in [7, 11) is -1.90. The summed E-state index contributed by atoms with van der Waals surface area (Å²) in [4.78, 5) is 15.4. The van der Waals surface area contributed by atoms with Gasteiger partial charge in [0.05, 0.1) is 11.4 Å². The van der Waals surface area contributed by atoms with E-state index in [-0.39, 0.29) is 16.8 Å². The van der Waals surface area contributed by atoms with Gasteiger partial charge >= 0.3 is 0 Å². The molecule has 130 valence electrons. The van der Waals surface area contributed by atoms with Crippen molar-refractivity contribution in [2.45, 2.75) is 38.3 Å². The molecule has 0 aliphatic rings. The van der Waals surface area contributed by atoms with E-state index >= 15 is 0 Å². The number of carbonyl (C=O) groups excluding carboxylic acids is 1. The zero-order valence-electron chi connectivity index (χ0n) is 14.2. The van der Waals surface area contributed by atoms with E-state index in [2.05, 4.69) is 4.72 Å². The molecule has 0 saturated heterocycles. The number of hydrogen-bond donors (Lipinski definition) is 1. The molecule has 0 aliphatic heterocycles. The minimum absolute atomic E-state index is 0.0998. The zero-order valence-corrected chi connectivity index (χ0v) is 15.9. The Hall–Kier alpha value is -1.70. The summed E-state index contributed by atoms with van der Waals surface area (Å²) in [5.41, 5.74) is 1.51. The number of carbonyl (C=O) groups is 1. The molecule has 0 aliphatic carbocycles. The smallest absolute Gasteiger partial charge is 0.253 e. The SMILES string of the molecule is Cc1ccsc1CN(C)C(=O)c1cccc(S(=O)(=O)NC(C)C)c1. The van der Waals surface area contributed by atoms with E-state index in [0.29, 0.717) is 12.1 Å². The molecule has 0 unspecified atom stereocenters. The average molecular weight is 367 g/mol. The van der Waals surface area contributed by atoms with Crippen molar-refractivity contribution in [3.05, 3.63) is 51.7 Å². The lowest BCUT2D eigenvalue weighted by Crippen LogP contribution is -2.31.